The molecule has 0 saturated carbocycles. The van der Waals surface area contributed by atoms with Gasteiger partial charge in [0.25, 0.3) is 0 Å². The zero-order valence-corrected chi connectivity index (χ0v) is 24.9. The van der Waals surface area contributed by atoms with E-state index in [0.29, 0.717) is 0 Å². The summed E-state index contributed by atoms with van der Waals surface area (Å²) in [5.41, 5.74) is 10.8. The van der Waals surface area contributed by atoms with Gasteiger partial charge in [0.1, 0.15) is 11.5 Å². The third-order valence-corrected chi connectivity index (χ3v) is 9.43. The molecule has 44 heavy (non-hydrogen) atoms. The van der Waals surface area contributed by atoms with Crippen LogP contribution in [0.15, 0.2) is 133 Å². The van der Waals surface area contributed by atoms with Crippen LogP contribution in [0.1, 0.15) is 37.8 Å². The van der Waals surface area contributed by atoms with Crippen molar-refractivity contribution >= 4 is 21.8 Å². The molecule has 0 saturated heterocycles. The molecule has 0 unspecified atom stereocenters. The van der Waals surface area contributed by atoms with Crippen molar-refractivity contribution < 1.29 is 4.74 Å². The van der Waals surface area contributed by atoms with Crippen LogP contribution in [0.2, 0.25) is 0 Å². The summed E-state index contributed by atoms with van der Waals surface area (Å²) >= 11 is 0. The van der Waals surface area contributed by atoms with E-state index in [1.165, 1.54) is 22.3 Å². The van der Waals surface area contributed by atoms with E-state index in [4.69, 9.17) is 14.7 Å². The highest BCUT2D eigenvalue weighted by Crippen LogP contribution is 2.52. The summed E-state index contributed by atoms with van der Waals surface area (Å²) in [6.45, 7) is 4.57. The molecular weight excluding hydrogens is 536 g/mol. The lowest BCUT2D eigenvalue weighted by molar-refractivity contribution is 0.375. The first kappa shape index (κ1) is 26.4. The van der Waals surface area contributed by atoms with E-state index in [2.05, 4.69) is 129 Å². The summed E-state index contributed by atoms with van der Waals surface area (Å²) in [5, 5.41) is 2.18. The Bertz CT molecular complexity index is 2160. The molecule has 0 bridgehead atoms. The lowest BCUT2D eigenvalue weighted by atomic mass is 9.68. The Kier molecular flexibility index (Phi) is 6.27. The largest absolute Gasteiger partial charge is 0.457 e. The Morgan fingerprint density at radius 1 is 0.477 bits per heavy atom. The Balaban J connectivity index is 1.17. The summed E-state index contributed by atoms with van der Waals surface area (Å²) in [6, 6.07) is 47.0. The van der Waals surface area contributed by atoms with E-state index < -0.39 is 0 Å². The topological polar surface area (TPSA) is 35.0 Å². The molecule has 0 amide bonds. The minimum Gasteiger partial charge on any atom is -0.457 e. The predicted octanol–water partition coefficient (Wildman–Crippen LogP) is 11.0. The number of hydrogen-bond acceptors (Lipinski definition) is 3. The first-order valence-electron chi connectivity index (χ1n) is 15.5. The Morgan fingerprint density at radius 3 is 1.66 bits per heavy atom. The third-order valence-electron chi connectivity index (χ3n) is 9.43. The SMILES string of the molecule is CCC1(CC)c2ccccc2Oc2ccc(-c3ccc(-c4ccc5ccc6ccc(-c7ccccc7)nc6c5n4)cc3)cc21. The molecule has 0 atom stereocenters. The first-order valence-corrected chi connectivity index (χ1v) is 15.5. The van der Waals surface area contributed by atoms with Gasteiger partial charge in [0.05, 0.1) is 22.4 Å². The van der Waals surface area contributed by atoms with E-state index in [9.17, 15) is 0 Å². The number of nitrogens with zero attached hydrogens (tertiary/aromatic N) is 2. The molecule has 0 spiro atoms. The van der Waals surface area contributed by atoms with Crippen molar-refractivity contribution in [2.45, 2.75) is 32.1 Å². The van der Waals surface area contributed by atoms with Crippen LogP contribution >= 0.6 is 0 Å². The standard InChI is InChI=1S/C41H32N2O/c1-3-41(4-2)33-12-8-9-13-37(33)44-38-25-22-32(26-34(38)41)27-14-16-29(17-15-27)36-24-21-31-19-18-30-20-23-35(28-10-6-5-7-11-28)42-39(30)40(31)43-36/h5-26H,3-4H2,1-2H3. The van der Waals surface area contributed by atoms with Crippen molar-refractivity contribution in [3.05, 3.63) is 145 Å². The van der Waals surface area contributed by atoms with Gasteiger partial charge in [-0.25, -0.2) is 9.97 Å². The normalized spacial score (nSPS) is 13.3. The van der Waals surface area contributed by atoms with Gasteiger partial charge in [0.15, 0.2) is 0 Å². The van der Waals surface area contributed by atoms with Crippen molar-refractivity contribution in [1.29, 1.82) is 0 Å². The maximum Gasteiger partial charge on any atom is 0.131 e. The highest BCUT2D eigenvalue weighted by molar-refractivity contribution is 6.04. The molecule has 1 aliphatic rings. The van der Waals surface area contributed by atoms with E-state index in [-0.39, 0.29) is 5.41 Å². The highest BCUT2D eigenvalue weighted by atomic mass is 16.5. The van der Waals surface area contributed by atoms with Crippen LogP contribution in [0, 0.1) is 0 Å². The molecule has 7 aromatic rings. The summed E-state index contributed by atoms with van der Waals surface area (Å²) in [7, 11) is 0. The average molecular weight is 569 g/mol. The molecule has 0 N–H and O–H groups in total. The first-order chi connectivity index (χ1) is 21.7. The summed E-state index contributed by atoms with van der Waals surface area (Å²) in [4.78, 5) is 10.2. The van der Waals surface area contributed by atoms with Crippen LogP contribution in [0.4, 0.5) is 0 Å². The Morgan fingerprint density at radius 2 is 1.00 bits per heavy atom. The highest BCUT2D eigenvalue weighted by Gasteiger charge is 2.39. The number of para-hydroxylation sites is 1. The Labute approximate surface area is 257 Å². The van der Waals surface area contributed by atoms with Gasteiger partial charge in [-0.15, -0.1) is 0 Å². The molecular formula is C41H32N2O. The number of hydrogen-bond donors (Lipinski definition) is 0. The summed E-state index contributed by atoms with van der Waals surface area (Å²) in [6.07, 6.45) is 2.03. The van der Waals surface area contributed by atoms with Gasteiger partial charge in [-0.05, 0) is 54.3 Å². The summed E-state index contributed by atoms with van der Waals surface area (Å²) < 4.78 is 6.39. The van der Waals surface area contributed by atoms with Crippen molar-refractivity contribution in [2.24, 2.45) is 0 Å². The fourth-order valence-electron chi connectivity index (χ4n) is 6.93. The van der Waals surface area contributed by atoms with Crippen LogP contribution < -0.4 is 4.74 Å². The molecule has 0 aliphatic carbocycles. The fraction of sp³-hybridized carbons (Fsp3) is 0.122. The molecule has 3 heterocycles. The van der Waals surface area contributed by atoms with Gasteiger partial charge in [-0.3, -0.25) is 0 Å². The smallest absolute Gasteiger partial charge is 0.131 e. The number of benzene rings is 5. The van der Waals surface area contributed by atoms with Crippen LogP contribution in [-0.2, 0) is 5.41 Å². The molecule has 0 fully saturated rings. The van der Waals surface area contributed by atoms with Gasteiger partial charge in [0.2, 0.25) is 0 Å². The molecule has 2 aromatic heterocycles. The minimum atomic E-state index is -0.0632. The van der Waals surface area contributed by atoms with E-state index in [0.717, 1.165) is 68.7 Å². The molecule has 212 valence electrons. The van der Waals surface area contributed by atoms with Crippen LogP contribution in [0.5, 0.6) is 11.5 Å². The molecule has 3 heteroatoms. The van der Waals surface area contributed by atoms with Crippen molar-refractivity contribution in [3.63, 3.8) is 0 Å². The van der Waals surface area contributed by atoms with Crippen LogP contribution in [0.25, 0.3) is 55.4 Å². The zero-order valence-electron chi connectivity index (χ0n) is 24.9. The van der Waals surface area contributed by atoms with E-state index in [1.807, 2.05) is 18.2 Å². The molecule has 3 nitrogen and oxygen atoms in total. The second-order valence-corrected chi connectivity index (χ2v) is 11.6. The quantitative estimate of drug-likeness (QED) is 0.194. The van der Waals surface area contributed by atoms with Gasteiger partial charge in [-0.2, -0.15) is 0 Å². The second kappa shape index (κ2) is 10.5. The van der Waals surface area contributed by atoms with Crippen molar-refractivity contribution in [3.8, 4) is 45.1 Å². The van der Waals surface area contributed by atoms with E-state index >= 15 is 0 Å². The lowest BCUT2D eigenvalue weighted by Crippen LogP contribution is -2.30. The van der Waals surface area contributed by atoms with Gasteiger partial charge < -0.3 is 4.74 Å². The van der Waals surface area contributed by atoms with E-state index in [1.54, 1.807) is 0 Å². The predicted molar refractivity (Wildman–Crippen MR) is 181 cm³/mol. The summed E-state index contributed by atoms with van der Waals surface area (Å²) in [5.74, 6) is 1.94. The number of fused-ring (bicyclic) bond motifs is 5. The molecule has 5 aromatic carbocycles. The Hall–Kier alpha value is -5.28. The molecule has 0 radical (unpaired) electrons. The maximum atomic E-state index is 6.39. The maximum absolute atomic E-state index is 6.39. The van der Waals surface area contributed by atoms with Gasteiger partial charge in [-0.1, -0.05) is 117 Å². The zero-order chi connectivity index (χ0) is 29.7. The molecule has 8 rings (SSSR count). The van der Waals surface area contributed by atoms with Crippen LogP contribution in [-0.4, -0.2) is 9.97 Å². The lowest BCUT2D eigenvalue weighted by Gasteiger charge is -2.39. The molecule has 1 aliphatic heterocycles. The van der Waals surface area contributed by atoms with Crippen molar-refractivity contribution in [1.82, 2.24) is 9.97 Å². The number of rotatable bonds is 5. The minimum absolute atomic E-state index is 0.0632. The third kappa shape index (κ3) is 4.19. The van der Waals surface area contributed by atoms with Crippen LogP contribution in [0.3, 0.4) is 0 Å². The number of aromatic nitrogens is 2. The number of pyridine rings is 2. The number of ether oxygens (including phenoxy) is 1. The van der Waals surface area contributed by atoms with Crippen molar-refractivity contribution in [2.75, 3.05) is 0 Å². The second-order valence-electron chi connectivity index (χ2n) is 11.6. The van der Waals surface area contributed by atoms with Gasteiger partial charge >= 0.3 is 0 Å². The monoisotopic (exact) mass is 568 g/mol. The fourth-order valence-corrected chi connectivity index (χ4v) is 6.93. The van der Waals surface area contributed by atoms with Gasteiger partial charge in [0, 0.05) is 38.4 Å². The average Bonchev–Trinajstić information content (AvgIpc) is 3.10.